The second-order valence-corrected chi connectivity index (χ2v) is 10.4. The Labute approximate surface area is 185 Å². The Morgan fingerprint density at radius 2 is 1.87 bits per heavy atom. The monoisotopic (exact) mass is 477 g/mol. The third kappa shape index (κ3) is 3.53. The number of aromatic nitrogens is 3. The molecule has 0 aliphatic carbocycles. The number of thiophene rings is 1. The lowest BCUT2D eigenvalue weighted by molar-refractivity contribution is 0.0685. The van der Waals surface area contributed by atoms with E-state index in [1.165, 1.54) is 20.5 Å². The van der Waals surface area contributed by atoms with Crippen molar-refractivity contribution in [2.75, 3.05) is 26.2 Å². The Hall–Kier alpha value is -2.73. The molecule has 0 saturated carbocycles. The molecule has 9 nitrogen and oxygen atoms in total. The number of hydrogen-bond donors (Lipinski definition) is 2. The predicted molar refractivity (Wildman–Crippen MR) is 118 cm³/mol. The summed E-state index contributed by atoms with van der Waals surface area (Å²) in [5, 5.41) is 3.05. The quantitative estimate of drug-likeness (QED) is 0.469. The molecule has 1 aromatic carbocycles. The van der Waals surface area contributed by atoms with Crippen LogP contribution >= 0.6 is 22.9 Å². The minimum Gasteiger partial charge on any atom is -0.345 e. The number of sulfonamides is 1. The van der Waals surface area contributed by atoms with Gasteiger partial charge in [-0.25, -0.2) is 13.4 Å². The Morgan fingerprint density at radius 3 is 2.65 bits per heavy atom. The number of amides is 1. The molecule has 3 aromatic heterocycles. The van der Waals surface area contributed by atoms with Crippen molar-refractivity contribution in [1.82, 2.24) is 24.2 Å². The van der Waals surface area contributed by atoms with Gasteiger partial charge in [0.05, 0.1) is 5.52 Å². The Bertz CT molecular complexity index is 1480. The minimum absolute atomic E-state index is 0.0419. The zero-order valence-electron chi connectivity index (χ0n) is 16.0. The zero-order chi connectivity index (χ0) is 21.8. The second-order valence-electron chi connectivity index (χ2n) is 7.11. The minimum atomic E-state index is -3.75. The van der Waals surface area contributed by atoms with Crippen LogP contribution in [0.2, 0.25) is 5.02 Å². The number of hydrogen-bond acceptors (Lipinski definition) is 6. The molecule has 12 heteroatoms. The first kappa shape index (κ1) is 20.2. The SMILES string of the molecule is O=C(c1nc2ccsc2c(=O)[nH]1)N1CCN(S(=O)(=O)c2cc3cc(Cl)ccc3[nH]2)CC1. The van der Waals surface area contributed by atoms with Gasteiger partial charge in [-0.15, -0.1) is 11.3 Å². The molecule has 1 aliphatic rings. The largest absolute Gasteiger partial charge is 0.345 e. The lowest BCUT2D eigenvalue weighted by Crippen LogP contribution is -2.51. The molecular weight excluding hydrogens is 462 g/mol. The predicted octanol–water partition coefficient (Wildman–Crippen LogP) is 2.27. The maximum absolute atomic E-state index is 13.0. The highest BCUT2D eigenvalue weighted by Gasteiger charge is 2.32. The molecular formula is C19H16ClN5O4S2. The first-order valence-electron chi connectivity index (χ1n) is 9.38. The first-order valence-corrected chi connectivity index (χ1v) is 12.1. The van der Waals surface area contributed by atoms with Crippen molar-refractivity contribution in [2.45, 2.75) is 5.03 Å². The molecule has 0 radical (unpaired) electrons. The van der Waals surface area contributed by atoms with Crippen LogP contribution in [0.5, 0.6) is 0 Å². The van der Waals surface area contributed by atoms with Crippen molar-refractivity contribution in [3.8, 4) is 0 Å². The molecule has 0 bridgehead atoms. The summed E-state index contributed by atoms with van der Waals surface area (Å²) in [6.07, 6.45) is 0. The van der Waals surface area contributed by atoms with Crippen LogP contribution in [0, 0.1) is 0 Å². The van der Waals surface area contributed by atoms with Crippen molar-refractivity contribution < 1.29 is 13.2 Å². The van der Waals surface area contributed by atoms with Gasteiger partial charge in [0, 0.05) is 42.1 Å². The van der Waals surface area contributed by atoms with E-state index in [0.717, 1.165) is 0 Å². The van der Waals surface area contributed by atoms with Crippen LogP contribution in [0.4, 0.5) is 0 Å². The fourth-order valence-electron chi connectivity index (χ4n) is 3.61. The molecule has 1 fully saturated rings. The summed E-state index contributed by atoms with van der Waals surface area (Å²) in [7, 11) is -3.75. The highest BCUT2D eigenvalue weighted by Crippen LogP contribution is 2.25. The number of nitrogens with one attached hydrogen (secondary N) is 2. The van der Waals surface area contributed by atoms with E-state index in [1.807, 2.05) is 0 Å². The van der Waals surface area contributed by atoms with Crippen LogP contribution in [0.25, 0.3) is 21.1 Å². The standard InChI is InChI=1S/C19H16ClN5O4S2/c20-12-1-2-13-11(9-12)10-15(21-13)31(28,29)25-6-4-24(5-7-25)19(27)17-22-14-3-8-30-16(14)18(26)23-17/h1-3,8-10,21H,4-7H2,(H,22,23,26). The number of benzene rings is 1. The second kappa shape index (κ2) is 7.45. The van der Waals surface area contributed by atoms with Crippen molar-refractivity contribution in [1.29, 1.82) is 0 Å². The van der Waals surface area contributed by atoms with Gasteiger partial charge in [0.15, 0.2) is 5.82 Å². The average molecular weight is 478 g/mol. The van der Waals surface area contributed by atoms with Gasteiger partial charge in [0.25, 0.3) is 21.5 Å². The molecule has 2 N–H and O–H groups in total. The Balaban J connectivity index is 1.33. The van der Waals surface area contributed by atoms with Crippen LogP contribution < -0.4 is 5.56 Å². The number of fused-ring (bicyclic) bond motifs is 2. The maximum atomic E-state index is 13.0. The van der Waals surface area contributed by atoms with Gasteiger partial charge in [-0.3, -0.25) is 9.59 Å². The number of carbonyl (C=O) groups excluding carboxylic acids is 1. The van der Waals surface area contributed by atoms with E-state index < -0.39 is 15.9 Å². The van der Waals surface area contributed by atoms with E-state index in [9.17, 15) is 18.0 Å². The number of halogens is 1. The molecule has 4 aromatic rings. The molecule has 1 aliphatic heterocycles. The first-order chi connectivity index (χ1) is 14.8. The van der Waals surface area contributed by atoms with E-state index in [2.05, 4.69) is 15.0 Å². The molecule has 1 saturated heterocycles. The highest BCUT2D eigenvalue weighted by atomic mass is 35.5. The highest BCUT2D eigenvalue weighted by molar-refractivity contribution is 7.89. The van der Waals surface area contributed by atoms with Crippen molar-refractivity contribution in [3.63, 3.8) is 0 Å². The summed E-state index contributed by atoms with van der Waals surface area (Å²) in [5.74, 6) is -0.470. The van der Waals surface area contributed by atoms with Crippen LogP contribution in [-0.2, 0) is 10.0 Å². The van der Waals surface area contributed by atoms with E-state index in [4.69, 9.17) is 11.6 Å². The van der Waals surface area contributed by atoms with Gasteiger partial charge < -0.3 is 14.9 Å². The molecule has 0 atom stereocenters. The van der Waals surface area contributed by atoms with E-state index >= 15 is 0 Å². The smallest absolute Gasteiger partial charge is 0.289 e. The Kier molecular flexibility index (Phi) is 4.85. The number of nitrogens with zero attached hydrogens (tertiary/aromatic N) is 3. The van der Waals surface area contributed by atoms with Crippen LogP contribution in [0.1, 0.15) is 10.6 Å². The summed E-state index contributed by atoms with van der Waals surface area (Å²) in [5.41, 5.74) is 0.788. The topological polar surface area (TPSA) is 119 Å². The summed E-state index contributed by atoms with van der Waals surface area (Å²) >= 11 is 7.24. The number of carbonyl (C=O) groups is 1. The molecule has 31 heavy (non-hydrogen) atoms. The summed E-state index contributed by atoms with van der Waals surface area (Å²) in [6.45, 7) is 0.648. The number of aromatic amines is 2. The van der Waals surface area contributed by atoms with Crippen LogP contribution in [-0.4, -0.2) is 64.7 Å². The Morgan fingerprint density at radius 1 is 1.10 bits per heavy atom. The number of H-pyrrole nitrogens is 2. The van der Waals surface area contributed by atoms with Gasteiger partial charge in [-0.05, 0) is 35.7 Å². The molecule has 1 amide bonds. The average Bonchev–Trinajstić information content (AvgIpc) is 3.40. The normalized spacial score (nSPS) is 15.7. The number of piperazine rings is 1. The maximum Gasteiger partial charge on any atom is 0.289 e. The van der Waals surface area contributed by atoms with Crippen LogP contribution in [0.15, 0.2) is 45.5 Å². The molecule has 0 spiro atoms. The fourth-order valence-corrected chi connectivity index (χ4v) is 5.95. The van der Waals surface area contributed by atoms with Gasteiger partial charge >= 0.3 is 0 Å². The number of rotatable bonds is 3. The molecule has 4 heterocycles. The van der Waals surface area contributed by atoms with E-state index in [0.29, 0.717) is 26.1 Å². The van der Waals surface area contributed by atoms with Crippen molar-refractivity contribution in [3.05, 3.63) is 56.9 Å². The molecule has 160 valence electrons. The lowest BCUT2D eigenvalue weighted by atomic mass is 10.2. The fraction of sp³-hybridized carbons (Fsp3) is 0.211. The third-order valence-corrected chi connectivity index (χ3v) is 8.18. The zero-order valence-corrected chi connectivity index (χ0v) is 18.4. The molecule has 5 rings (SSSR count). The van der Waals surface area contributed by atoms with Gasteiger partial charge in [0.1, 0.15) is 9.73 Å². The third-order valence-electron chi connectivity index (χ3n) is 5.22. The summed E-state index contributed by atoms with van der Waals surface area (Å²) in [6, 6.07) is 8.35. The van der Waals surface area contributed by atoms with Crippen molar-refractivity contribution >= 4 is 60.0 Å². The van der Waals surface area contributed by atoms with Gasteiger partial charge in [-0.2, -0.15) is 4.31 Å². The van der Waals surface area contributed by atoms with E-state index in [1.54, 1.807) is 35.7 Å². The summed E-state index contributed by atoms with van der Waals surface area (Å²) < 4.78 is 27.9. The van der Waals surface area contributed by atoms with Crippen molar-refractivity contribution in [2.24, 2.45) is 0 Å². The van der Waals surface area contributed by atoms with E-state index in [-0.39, 0.29) is 42.6 Å². The van der Waals surface area contributed by atoms with Gasteiger partial charge in [-0.1, -0.05) is 11.6 Å². The summed E-state index contributed by atoms with van der Waals surface area (Å²) in [4.78, 5) is 36.1. The van der Waals surface area contributed by atoms with Gasteiger partial charge in [0.2, 0.25) is 0 Å². The molecule has 0 unspecified atom stereocenters. The lowest BCUT2D eigenvalue weighted by Gasteiger charge is -2.33. The van der Waals surface area contributed by atoms with Crippen LogP contribution in [0.3, 0.4) is 0 Å².